The molecule has 0 fully saturated rings. The number of amides is 1. The summed E-state index contributed by atoms with van der Waals surface area (Å²) < 4.78 is 21.8. The van der Waals surface area contributed by atoms with Gasteiger partial charge in [-0.2, -0.15) is 0 Å². The fourth-order valence-electron chi connectivity index (χ4n) is 3.11. The lowest BCUT2D eigenvalue weighted by atomic mass is 10.1. The standard InChI is InChI=1S/C23H25NO6/c1-4-24(18-8-6-5-7-9-18)23(26)16(2)30-21(25)11-10-17-14-19(27-3)22-20(15-17)28-12-13-29-22/h5-11,14-16H,4,12-13H2,1-3H3/b11-10+/t16-/m1/s1. The van der Waals surface area contributed by atoms with Gasteiger partial charge in [0.25, 0.3) is 5.91 Å². The highest BCUT2D eigenvalue weighted by Gasteiger charge is 2.23. The number of esters is 1. The van der Waals surface area contributed by atoms with Gasteiger partial charge in [0, 0.05) is 18.3 Å². The van der Waals surface area contributed by atoms with Crippen molar-refractivity contribution in [2.24, 2.45) is 0 Å². The molecule has 0 unspecified atom stereocenters. The molecule has 7 heteroatoms. The normalized spacial score (nSPS) is 13.6. The van der Waals surface area contributed by atoms with Crippen LogP contribution in [-0.4, -0.2) is 44.8 Å². The van der Waals surface area contributed by atoms with E-state index in [-0.39, 0.29) is 5.91 Å². The predicted molar refractivity (Wildman–Crippen MR) is 113 cm³/mol. The number of likely N-dealkylation sites (N-methyl/N-ethyl adjacent to an activating group) is 1. The zero-order valence-corrected chi connectivity index (χ0v) is 17.3. The second-order valence-electron chi connectivity index (χ2n) is 6.58. The highest BCUT2D eigenvalue weighted by atomic mass is 16.6. The molecule has 0 saturated heterocycles. The van der Waals surface area contributed by atoms with Crippen LogP contribution in [0, 0.1) is 0 Å². The molecule has 1 heterocycles. The second-order valence-corrected chi connectivity index (χ2v) is 6.58. The minimum Gasteiger partial charge on any atom is -0.493 e. The highest BCUT2D eigenvalue weighted by Crippen LogP contribution is 2.40. The molecule has 7 nitrogen and oxygen atoms in total. The number of nitrogens with zero attached hydrogens (tertiary/aromatic N) is 1. The maximum Gasteiger partial charge on any atom is 0.331 e. The molecule has 2 aromatic rings. The number of methoxy groups -OCH3 is 1. The number of rotatable bonds is 7. The van der Waals surface area contributed by atoms with Gasteiger partial charge < -0.3 is 23.8 Å². The molecular formula is C23H25NO6. The summed E-state index contributed by atoms with van der Waals surface area (Å²) in [6.45, 7) is 4.80. The summed E-state index contributed by atoms with van der Waals surface area (Å²) in [6, 6.07) is 12.8. The van der Waals surface area contributed by atoms with Crippen molar-refractivity contribution in [3.05, 3.63) is 54.1 Å². The van der Waals surface area contributed by atoms with Crippen LogP contribution in [0.5, 0.6) is 17.2 Å². The van der Waals surface area contributed by atoms with E-state index in [0.29, 0.717) is 42.6 Å². The van der Waals surface area contributed by atoms with Crippen molar-refractivity contribution in [1.29, 1.82) is 0 Å². The predicted octanol–water partition coefficient (Wildman–Crippen LogP) is 3.46. The lowest BCUT2D eigenvalue weighted by Crippen LogP contribution is -2.39. The molecule has 1 aliphatic rings. The number of carbonyl (C=O) groups is 2. The first-order valence-corrected chi connectivity index (χ1v) is 9.76. The average molecular weight is 411 g/mol. The second kappa shape index (κ2) is 9.82. The molecule has 0 N–H and O–H groups in total. The highest BCUT2D eigenvalue weighted by molar-refractivity contribution is 5.98. The monoisotopic (exact) mass is 411 g/mol. The number of para-hydroxylation sites is 1. The smallest absolute Gasteiger partial charge is 0.331 e. The number of carbonyl (C=O) groups excluding carboxylic acids is 2. The van der Waals surface area contributed by atoms with E-state index < -0.39 is 12.1 Å². The number of ether oxygens (including phenoxy) is 4. The van der Waals surface area contributed by atoms with Gasteiger partial charge in [-0.25, -0.2) is 4.79 Å². The Morgan fingerprint density at radius 1 is 1.17 bits per heavy atom. The third kappa shape index (κ3) is 4.92. The Kier molecular flexibility index (Phi) is 6.95. The van der Waals surface area contributed by atoms with Gasteiger partial charge in [0.15, 0.2) is 17.6 Å². The molecule has 0 aliphatic carbocycles. The van der Waals surface area contributed by atoms with Crippen molar-refractivity contribution in [1.82, 2.24) is 0 Å². The van der Waals surface area contributed by atoms with Crippen LogP contribution in [0.15, 0.2) is 48.5 Å². The Balaban J connectivity index is 1.66. The van der Waals surface area contributed by atoms with E-state index in [0.717, 1.165) is 5.69 Å². The Morgan fingerprint density at radius 2 is 1.90 bits per heavy atom. The molecule has 158 valence electrons. The minimum atomic E-state index is -0.919. The van der Waals surface area contributed by atoms with Crippen LogP contribution in [0.4, 0.5) is 5.69 Å². The number of anilines is 1. The number of benzene rings is 2. The van der Waals surface area contributed by atoms with Gasteiger partial charge in [-0.05, 0) is 49.8 Å². The van der Waals surface area contributed by atoms with E-state index in [2.05, 4.69) is 0 Å². The van der Waals surface area contributed by atoms with E-state index in [9.17, 15) is 9.59 Å². The van der Waals surface area contributed by atoms with Crippen LogP contribution in [0.3, 0.4) is 0 Å². The van der Waals surface area contributed by atoms with Crippen molar-refractivity contribution < 1.29 is 28.5 Å². The third-order valence-electron chi connectivity index (χ3n) is 4.55. The van der Waals surface area contributed by atoms with E-state index in [1.54, 1.807) is 30.0 Å². The molecule has 0 radical (unpaired) electrons. The van der Waals surface area contributed by atoms with Crippen molar-refractivity contribution in [2.45, 2.75) is 20.0 Å². The van der Waals surface area contributed by atoms with Gasteiger partial charge in [0.2, 0.25) is 5.75 Å². The Hall–Kier alpha value is -3.48. The van der Waals surface area contributed by atoms with Gasteiger partial charge in [-0.1, -0.05) is 18.2 Å². The molecule has 1 aliphatic heterocycles. The zero-order valence-electron chi connectivity index (χ0n) is 17.3. The molecular weight excluding hydrogens is 386 g/mol. The van der Waals surface area contributed by atoms with E-state index in [4.69, 9.17) is 18.9 Å². The summed E-state index contributed by atoms with van der Waals surface area (Å²) >= 11 is 0. The number of fused-ring (bicyclic) bond motifs is 1. The van der Waals surface area contributed by atoms with E-state index in [1.165, 1.54) is 13.2 Å². The quantitative estimate of drug-likeness (QED) is 0.513. The number of hydrogen-bond acceptors (Lipinski definition) is 6. The minimum absolute atomic E-state index is 0.286. The molecule has 1 atom stereocenters. The molecule has 1 amide bonds. The zero-order chi connectivity index (χ0) is 21.5. The molecule has 0 aromatic heterocycles. The lowest BCUT2D eigenvalue weighted by molar-refractivity contribution is -0.149. The van der Waals surface area contributed by atoms with Crippen LogP contribution in [0.2, 0.25) is 0 Å². The summed E-state index contributed by atoms with van der Waals surface area (Å²) in [5.74, 6) is 0.715. The topological polar surface area (TPSA) is 74.3 Å². The van der Waals surface area contributed by atoms with E-state index in [1.807, 2.05) is 37.3 Å². The maximum absolute atomic E-state index is 12.7. The van der Waals surface area contributed by atoms with Gasteiger partial charge >= 0.3 is 5.97 Å². The van der Waals surface area contributed by atoms with Crippen LogP contribution >= 0.6 is 0 Å². The summed E-state index contributed by atoms with van der Waals surface area (Å²) in [6.07, 6.45) is 1.93. The molecule has 3 rings (SSSR count). The fourth-order valence-corrected chi connectivity index (χ4v) is 3.11. The summed E-state index contributed by atoms with van der Waals surface area (Å²) in [5, 5.41) is 0. The first-order chi connectivity index (χ1) is 14.5. The van der Waals surface area contributed by atoms with Crippen molar-refractivity contribution >= 4 is 23.6 Å². The van der Waals surface area contributed by atoms with Crippen molar-refractivity contribution in [3.8, 4) is 17.2 Å². The van der Waals surface area contributed by atoms with Crippen molar-refractivity contribution in [3.63, 3.8) is 0 Å². The Labute approximate surface area is 175 Å². The largest absolute Gasteiger partial charge is 0.493 e. The molecule has 2 aromatic carbocycles. The summed E-state index contributed by atoms with van der Waals surface area (Å²) in [7, 11) is 1.54. The Morgan fingerprint density at radius 3 is 2.60 bits per heavy atom. The molecule has 0 bridgehead atoms. The first-order valence-electron chi connectivity index (χ1n) is 9.76. The van der Waals surface area contributed by atoms with Crippen LogP contribution < -0.4 is 19.1 Å². The molecule has 0 saturated carbocycles. The van der Waals surface area contributed by atoms with Gasteiger partial charge in [0.1, 0.15) is 13.2 Å². The van der Waals surface area contributed by atoms with Crippen LogP contribution in [-0.2, 0) is 14.3 Å². The fraction of sp³-hybridized carbons (Fsp3) is 0.304. The Bertz CT molecular complexity index is 908. The summed E-state index contributed by atoms with van der Waals surface area (Å²) in [5.41, 5.74) is 1.44. The van der Waals surface area contributed by atoms with Crippen LogP contribution in [0.1, 0.15) is 19.4 Å². The van der Waals surface area contributed by atoms with Gasteiger partial charge in [0.05, 0.1) is 7.11 Å². The third-order valence-corrected chi connectivity index (χ3v) is 4.55. The molecule has 0 spiro atoms. The summed E-state index contributed by atoms with van der Waals surface area (Å²) in [4.78, 5) is 26.5. The first kappa shape index (κ1) is 21.2. The number of hydrogen-bond donors (Lipinski definition) is 0. The SMILES string of the molecule is CCN(C(=O)[C@@H](C)OC(=O)/C=C/c1cc(OC)c2c(c1)OCCO2)c1ccccc1. The van der Waals surface area contributed by atoms with E-state index >= 15 is 0 Å². The maximum atomic E-state index is 12.7. The molecule has 30 heavy (non-hydrogen) atoms. The van der Waals surface area contributed by atoms with Gasteiger partial charge in [-0.15, -0.1) is 0 Å². The average Bonchev–Trinajstić information content (AvgIpc) is 2.78. The van der Waals surface area contributed by atoms with Crippen molar-refractivity contribution in [2.75, 3.05) is 31.8 Å². The van der Waals surface area contributed by atoms with Gasteiger partial charge in [-0.3, -0.25) is 4.79 Å². The lowest BCUT2D eigenvalue weighted by Gasteiger charge is -2.24. The van der Waals surface area contributed by atoms with Crippen LogP contribution in [0.25, 0.3) is 6.08 Å².